The van der Waals surface area contributed by atoms with Crippen molar-refractivity contribution in [3.05, 3.63) is 48.6 Å². The summed E-state index contributed by atoms with van der Waals surface area (Å²) in [7, 11) is 0. The van der Waals surface area contributed by atoms with Crippen molar-refractivity contribution in [1.82, 2.24) is 9.80 Å². The van der Waals surface area contributed by atoms with Gasteiger partial charge in [0.1, 0.15) is 12.5 Å². The van der Waals surface area contributed by atoms with Crippen LogP contribution in [0.3, 0.4) is 0 Å². The zero-order chi connectivity index (χ0) is 26.0. The number of carbonyl (C=O) groups is 1. The first-order chi connectivity index (χ1) is 18.6. The number of hydrogen-bond acceptors (Lipinski definition) is 5. The number of piperidine rings is 2. The van der Waals surface area contributed by atoms with Crippen LogP contribution in [0, 0.1) is 17.3 Å². The summed E-state index contributed by atoms with van der Waals surface area (Å²) in [5.41, 5.74) is -0.488. The first-order valence-corrected chi connectivity index (χ1v) is 15.3. The second-order valence-electron chi connectivity index (χ2n) is 12.4. The normalized spacial score (nSPS) is 42.5. The largest absolute Gasteiger partial charge is 0.388 e. The second-order valence-corrected chi connectivity index (χ2v) is 12.4. The van der Waals surface area contributed by atoms with Gasteiger partial charge in [0.05, 0.1) is 30.1 Å². The molecule has 8 unspecified atom stereocenters. The van der Waals surface area contributed by atoms with E-state index in [1.54, 1.807) is 0 Å². The average Bonchev–Trinajstić information content (AvgIpc) is 2.93. The summed E-state index contributed by atoms with van der Waals surface area (Å²) in [6, 6.07) is 0. The molecule has 0 radical (unpaired) electrons. The van der Waals surface area contributed by atoms with Crippen LogP contribution >= 0.6 is 0 Å². The first-order valence-electron chi connectivity index (χ1n) is 15.3. The van der Waals surface area contributed by atoms with Crippen molar-refractivity contribution < 1.29 is 19.4 Å². The van der Waals surface area contributed by atoms with E-state index in [2.05, 4.69) is 47.4 Å². The molecule has 38 heavy (non-hydrogen) atoms. The van der Waals surface area contributed by atoms with Crippen molar-refractivity contribution >= 4 is 5.91 Å². The van der Waals surface area contributed by atoms with Crippen LogP contribution in [0.2, 0.25) is 0 Å². The van der Waals surface area contributed by atoms with E-state index in [4.69, 9.17) is 9.47 Å². The lowest BCUT2D eigenvalue weighted by Crippen LogP contribution is -2.66. The van der Waals surface area contributed by atoms with Gasteiger partial charge in [-0.3, -0.25) is 9.69 Å². The quantitative estimate of drug-likeness (QED) is 0.448. The predicted molar refractivity (Wildman–Crippen MR) is 148 cm³/mol. The minimum absolute atomic E-state index is 0.0671. The number of aliphatic hydroxyl groups excluding tert-OH is 1. The van der Waals surface area contributed by atoms with E-state index in [0.29, 0.717) is 18.4 Å². The van der Waals surface area contributed by atoms with Crippen molar-refractivity contribution in [2.75, 3.05) is 19.6 Å². The number of aliphatic hydroxyl groups is 1. The van der Waals surface area contributed by atoms with Gasteiger partial charge in [-0.05, 0) is 69.6 Å². The topological polar surface area (TPSA) is 62.2 Å². The molecule has 6 heteroatoms. The molecule has 1 aliphatic carbocycles. The number of ether oxygens (including phenoxy) is 2. The van der Waals surface area contributed by atoms with Gasteiger partial charge in [0.15, 0.2) is 0 Å². The number of hydrogen-bond donors (Lipinski definition) is 1. The van der Waals surface area contributed by atoms with Crippen LogP contribution in [0.4, 0.5) is 0 Å². The highest BCUT2D eigenvalue weighted by molar-refractivity contribution is 5.78. The van der Waals surface area contributed by atoms with E-state index < -0.39 is 11.5 Å². The molecule has 4 saturated heterocycles. The molecule has 0 aromatic rings. The lowest BCUT2D eigenvalue weighted by Gasteiger charge is -2.57. The summed E-state index contributed by atoms with van der Waals surface area (Å²) in [5.74, 6) is 0.994. The number of fused-ring (bicyclic) bond motifs is 2. The number of carbonyl (C=O) groups excluding carboxylic acids is 1. The van der Waals surface area contributed by atoms with Gasteiger partial charge >= 0.3 is 0 Å². The van der Waals surface area contributed by atoms with Crippen LogP contribution in [-0.2, 0) is 14.3 Å². The van der Waals surface area contributed by atoms with Gasteiger partial charge < -0.3 is 19.5 Å². The number of amides is 1. The summed E-state index contributed by atoms with van der Waals surface area (Å²) in [6.45, 7) is 2.79. The van der Waals surface area contributed by atoms with Gasteiger partial charge in [-0.15, -0.1) is 0 Å². The Morgan fingerprint density at radius 3 is 2.63 bits per heavy atom. The molecule has 6 aliphatic rings. The predicted octanol–water partition coefficient (Wildman–Crippen LogP) is 5.11. The van der Waals surface area contributed by atoms with Gasteiger partial charge in [-0.1, -0.05) is 61.4 Å². The molecule has 6 nitrogen and oxygen atoms in total. The lowest BCUT2D eigenvalue weighted by molar-refractivity contribution is -0.241. The maximum Gasteiger partial charge on any atom is 0.227 e. The van der Waals surface area contributed by atoms with E-state index in [1.807, 2.05) is 11.0 Å². The maximum absolute atomic E-state index is 13.3. The Morgan fingerprint density at radius 1 is 0.842 bits per heavy atom. The van der Waals surface area contributed by atoms with Crippen LogP contribution in [0.5, 0.6) is 0 Å². The van der Waals surface area contributed by atoms with Gasteiger partial charge in [-0.25, -0.2) is 0 Å². The Balaban J connectivity index is 1.25. The molecular weight excluding hydrogens is 476 g/mol. The zero-order valence-corrected chi connectivity index (χ0v) is 22.8. The number of nitrogens with zero attached hydrogens (tertiary/aromatic N) is 2. The van der Waals surface area contributed by atoms with Gasteiger partial charge in [-0.2, -0.15) is 0 Å². The fraction of sp³-hybridized carbons (Fsp3) is 0.719. The molecular formula is C32H46N2O4. The average molecular weight is 523 g/mol. The third kappa shape index (κ3) is 5.22. The minimum atomic E-state index is -0.614. The number of rotatable bonds is 0. The van der Waals surface area contributed by atoms with Crippen molar-refractivity contribution in [1.29, 1.82) is 0 Å². The van der Waals surface area contributed by atoms with E-state index in [0.717, 1.165) is 64.6 Å². The van der Waals surface area contributed by atoms with Crippen LogP contribution in [0.15, 0.2) is 48.6 Å². The molecule has 0 saturated carbocycles. The summed E-state index contributed by atoms with van der Waals surface area (Å²) < 4.78 is 13.5. The Hall–Kier alpha value is -1.73. The van der Waals surface area contributed by atoms with Crippen LogP contribution in [0.25, 0.3) is 0 Å². The molecule has 208 valence electrons. The zero-order valence-electron chi connectivity index (χ0n) is 22.8. The minimum Gasteiger partial charge on any atom is -0.388 e. The molecule has 1 amide bonds. The van der Waals surface area contributed by atoms with Crippen LogP contribution in [-0.4, -0.2) is 71.2 Å². The van der Waals surface area contributed by atoms with E-state index >= 15 is 0 Å². The molecule has 5 aliphatic heterocycles. The van der Waals surface area contributed by atoms with Crippen molar-refractivity contribution in [2.45, 2.75) is 108 Å². The standard InChI is InChI=1S/C32H46N2O4/c35-28-16-8-13-25-12-4-2-1-3-7-20-33-21-9-11-24-17-18-26(37-30(24)33)14-5-6-15-27-23-29(36)34-22-10-19-32(25,28)31(34)38-27/h1-4,7-8,12,16,24-28,30-31,35H,5-6,9-11,13-15,17-23H2. The highest BCUT2D eigenvalue weighted by atomic mass is 16.5. The molecule has 8 atom stereocenters. The number of allylic oxidation sites excluding steroid dienone is 6. The monoisotopic (exact) mass is 522 g/mol. The maximum atomic E-state index is 13.3. The molecule has 0 aromatic heterocycles. The van der Waals surface area contributed by atoms with Gasteiger partial charge in [0.25, 0.3) is 0 Å². The van der Waals surface area contributed by atoms with Gasteiger partial charge in [0, 0.05) is 19.6 Å². The summed E-state index contributed by atoms with van der Waals surface area (Å²) in [5, 5.41) is 11.4. The highest BCUT2D eigenvalue weighted by Crippen LogP contribution is 2.52. The lowest BCUT2D eigenvalue weighted by atomic mass is 9.61. The van der Waals surface area contributed by atoms with E-state index in [9.17, 15) is 9.90 Å². The molecule has 0 aromatic carbocycles. The third-order valence-corrected chi connectivity index (χ3v) is 10.2. The molecule has 5 heterocycles. The molecule has 6 rings (SSSR count). The fourth-order valence-electron chi connectivity index (χ4n) is 8.17. The fourth-order valence-corrected chi connectivity index (χ4v) is 8.17. The van der Waals surface area contributed by atoms with E-state index in [1.165, 1.54) is 25.7 Å². The van der Waals surface area contributed by atoms with E-state index in [-0.39, 0.29) is 30.4 Å². The van der Waals surface area contributed by atoms with Crippen molar-refractivity contribution in [2.24, 2.45) is 17.3 Å². The Kier molecular flexibility index (Phi) is 8.22. The third-order valence-electron chi connectivity index (χ3n) is 10.2. The SMILES string of the molecule is O=C1CC2CCCCC3CCC4CCCN(CC=CC=CC=CC5CC=CC(O)C56CCCN1C6O2)C4O3. The Labute approximate surface area is 228 Å². The Morgan fingerprint density at radius 2 is 1.71 bits per heavy atom. The van der Waals surface area contributed by atoms with Crippen molar-refractivity contribution in [3.8, 4) is 0 Å². The highest BCUT2D eigenvalue weighted by Gasteiger charge is 2.57. The van der Waals surface area contributed by atoms with Crippen LogP contribution < -0.4 is 0 Å². The Bertz CT molecular complexity index is 959. The first kappa shape index (κ1) is 26.5. The van der Waals surface area contributed by atoms with Gasteiger partial charge in [0.2, 0.25) is 5.91 Å². The van der Waals surface area contributed by atoms with Crippen LogP contribution in [0.1, 0.15) is 77.0 Å². The molecule has 4 fully saturated rings. The summed E-state index contributed by atoms with van der Waals surface area (Å²) >= 11 is 0. The molecule has 1 N–H and O–H groups in total. The van der Waals surface area contributed by atoms with Crippen molar-refractivity contribution in [3.63, 3.8) is 0 Å². The molecule has 1 spiro atoms. The second kappa shape index (κ2) is 11.8. The summed E-state index contributed by atoms with van der Waals surface area (Å²) in [4.78, 5) is 17.8. The molecule has 4 bridgehead atoms. The summed E-state index contributed by atoms with van der Waals surface area (Å²) in [6.07, 6.45) is 28.8. The smallest absolute Gasteiger partial charge is 0.227 e.